The van der Waals surface area contributed by atoms with Crippen LogP contribution >= 0.6 is 0 Å². The molecule has 0 aliphatic heterocycles. The van der Waals surface area contributed by atoms with Gasteiger partial charge in [-0.1, -0.05) is 12.1 Å². The molecule has 0 spiro atoms. The summed E-state index contributed by atoms with van der Waals surface area (Å²) in [5.41, 5.74) is 0.936. The molecule has 1 atom stereocenters. The number of benzene rings is 1. The predicted molar refractivity (Wildman–Crippen MR) is 70.9 cm³/mol. The second-order valence-electron chi connectivity index (χ2n) is 4.52. The fourth-order valence-electron chi connectivity index (χ4n) is 1.66. The van der Waals surface area contributed by atoms with Crippen molar-refractivity contribution in [3.05, 3.63) is 35.6 Å². The highest BCUT2D eigenvalue weighted by molar-refractivity contribution is 5.77. The Morgan fingerprint density at radius 2 is 2.22 bits per heavy atom. The molecule has 0 aliphatic rings. The number of hydrogen-bond donors (Lipinski definition) is 1. The van der Waals surface area contributed by atoms with E-state index in [9.17, 15) is 9.18 Å². The van der Waals surface area contributed by atoms with Gasteiger partial charge in [-0.3, -0.25) is 4.79 Å². The molecule has 1 rings (SSSR count). The van der Waals surface area contributed by atoms with Crippen LogP contribution in [-0.2, 0) is 11.2 Å². The van der Waals surface area contributed by atoms with Crippen molar-refractivity contribution in [2.75, 3.05) is 20.1 Å². The molecule has 4 heteroatoms. The Hall–Kier alpha value is -1.42. The van der Waals surface area contributed by atoms with Gasteiger partial charge in [-0.2, -0.15) is 0 Å². The van der Waals surface area contributed by atoms with E-state index in [0.29, 0.717) is 19.5 Å². The van der Waals surface area contributed by atoms with E-state index in [1.54, 1.807) is 18.0 Å². The van der Waals surface area contributed by atoms with Gasteiger partial charge in [-0.15, -0.1) is 0 Å². The summed E-state index contributed by atoms with van der Waals surface area (Å²) >= 11 is 0. The Kier molecular flexibility index (Phi) is 5.78. The van der Waals surface area contributed by atoms with Crippen LogP contribution < -0.4 is 5.32 Å². The topological polar surface area (TPSA) is 32.3 Å². The van der Waals surface area contributed by atoms with Crippen molar-refractivity contribution >= 4 is 5.91 Å². The number of rotatable bonds is 6. The second-order valence-corrected chi connectivity index (χ2v) is 4.52. The van der Waals surface area contributed by atoms with Gasteiger partial charge in [-0.25, -0.2) is 4.39 Å². The van der Waals surface area contributed by atoms with Crippen LogP contribution in [0, 0.1) is 5.82 Å². The van der Waals surface area contributed by atoms with Crippen LogP contribution in [0.15, 0.2) is 24.3 Å². The maximum absolute atomic E-state index is 13.0. The summed E-state index contributed by atoms with van der Waals surface area (Å²) in [6, 6.07) is 6.69. The molecule has 100 valence electrons. The molecule has 0 aliphatic carbocycles. The first-order valence-electron chi connectivity index (χ1n) is 6.24. The normalized spacial score (nSPS) is 12.2. The summed E-state index contributed by atoms with van der Waals surface area (Å²) in [5.74, 6) is -0.148. The molecule has 3 nitrogen and oxygen atoms in total. The van der Waals surface area contributed by atoms with Crippen LogP contribution in [0.3, 0.4) is 0 Å². The van der Waals surface area contributed by atoms with Gasteiger partial charge in [0, 0.05) is 19.6 Å². The maximum Gasteiger partial charge on any atom is 0.236 e. The van der Waals surface area contributed by atoms with Gasteiger partial charge >= 0.3 is 0 Å². The first-order chi connectivity index (χ1) is 8.52. The molecule has 0 fully saturated rings. The van der Waals surface area contributed by atoms with E-state index < -0.39 is 0 Å². The number of nitrogens with zero attached hydrogens (tertiary/aromatic N) is 1. The SMILES string of the molecule is CCN(C)C(=O)CNC(C)Cc1cccc(F)c1. The molecular formula is C14H21FN2O. The number of likely N-dealkylation sites (N-methyl/N-ethyl adjacent to an activating group) is 1. The molecule has 1 amide bonds. The fourth-order valence-corrected chi connectivity index (χ4v) is 1.66. The molecule has 18 heavy (non-hydrogen) atoms. The van der Waals surface area contributed by atoms with Crippen molar-refractivity contribution in [3.8, 4) is 0 Å². The maximum atomic E-state index is 13.0. The van der Waals surface area contributed by atoms with Crippen LogP contribution in [0.5, 0.6) is 0 Å². The van der Waals surface area contributed by atoms with E-state index in [2.05, 4.69) is 5.32 Å². The smallest absolute Gasteiger partial charge is 0.236 e. The van der Waals surface area contributed by atoms with Crippen LogP contribution in [0.2, 0.25) is 0 Å². The fraction of sp³-hybridized carbons (Fsp3) is 0.500. The van der Waals surface area contributed by atoms with Gasteiger partial charge in [0.25, 0.3) is 0 Å². The number of halogens is 1. The van der Waals surface area contributed by atoms with Crippen molar-refractivity contribution in [2.45, 2.75) is 26.3 Å². The minimum absolute atomic E-state index is 0.0728. The lowest BCUT2D eigenvalue weighted by Gasteiger charge is -2.18. The monoisotopic (exact) mass is 252 g/mol. The van der Waals surface area contributed by atoms with Crippen molar-refractivity contribution in [3.63, 3.8) is 0 Å². The van der Waals surface area contributed by atoms with E-state index in [1.807, 2.05) is 19.9 Å². The molecule has 1 aromatic carbocycles. The van der Waals surface area contributed by atoms with Crippen molar-refractivity contribution in [1.82, 2.24) is 10.2 Å². The Bertz CT molecular complexity index is 395. The Labute approximate surface area is 108 Å². The number of nitrogens with one attached hydrogen (secondary N) is 1. The van der Waals surface area contributed by atoms with Crippen LogP contribution in [-0.4, -0.2) is 37.0 Å². The minimum atomic E-state index is -0.221. The number of hydrogen-bond acceptors (Lipinski definition) is 2. The zero-order chi connectivity index (χ0) is 13.5. The van der Waals surface area contributed by atoms with Crippen LogP contribution in [0.25, 0.3) is 0 Å². The molecule has 0 aromatic heterocycles. The third-order valence-corrected chi connectivity index (χ3v) is 2.93. The van der Waals surface area contributed by atoms with E-state index in [4.69, 9.17) is 0 Å². The van der Waals surface area contributed by atoms with E-state index in [1.165, 1.54) is 12.1 Å². The summed E-state index contributed by atoms with van der Waals surface area (Å²) in [4.78, 5) is 13.3. The first kappa shape index (κ1) is 14.6. The molecular weight excluding hydrogens is 231 g/mol. The summed E-state index contributed by atoms with van der Waals surface area (Å²) < 4.78 is 13.0. The van der Waals surface area contributed by atoms with Gasteiger partial charge in [0.2, 0.25) is 5.91 Å². The van der Waals surface area contributed by atoms with E-state index in [-0.39, 0.29) is 17.8 Å². The van der Waals surface area contributed by atoms with E-state index in [0.717, 1.165) is 5.56 Å². The van der Waals surface area contributed by atoms with Crippen molar-refractivity contribution < 1.29 is 9.18 Å². The summed E-state index contributed by atoms with van der Waals surface area (Å²) in [7, 11) is 1.78. The highest BCUT2D eigenvalue weighted by Crippen LogP contribution is 2.06. The van der Waals surface area contributed by atoms with Gasteiger partial charge in [0.15, 0.2) is 0 Å². The molecule has 0 saturated heterocycles. The van der Waals surface area contributed by atoms with Gasteiger partial charge < -0.3 is 10.2 Å². The lowest BCUT2D eigenvalue weighted by molar-refractivity contribution is -0.128. The van der Waals surface area contributed by atoms with Gasteiger partial charge in [0.05, 0.1) is 6.54 Å². The molecule has 0 radical (unpaired) electrons. The van der Waals surface area contributed by atoms with Crippen LogP contribution in [0.4, 0.5) is 4.39 Å². The predicted octanol–water partition coefficient (Wildman–Crippen LogP) is 1.82. The highest BCUT2D eigenvalue weighted by Gasteiger charge is 2.09. The summed E-state index contributed by atoms with van der Waals surface area (Å²) in [6.45, 7) is 4.96. The van der Waals surface area contributed by atoms with Gasteiger partial charge in [0.1, 0.15) is 5.82 Å². The zero-order valence-electron chi connectivity index (χ0n) is 11.2. The zero-order valence-corrected chi connectivity index (χ0v) is 11.2. The minimum Gasteiger partial charge on any atom is -0.345 e. The summed E-state index contributed by atoms with van der Waals surface area (Å²) in [5, 5.41) is 3.15. The van der Waals surface area contributed by atoms with Crippen molar-refractivity contribution in [1.29, 1.82) is 0 Å². The molecule has 0 bridgehead atoms. The number of carbonyl (C=O) groups is 1. The Balaban J connectivity index is 2.38. The number of amides is 1. The quantitative estimate of drug-likeness (QED) is 0.837. The van der Waals surface area contributed by atoms with Gasteiger partial charge in [-0.05, 0) is 38.0 Å². The molecule has 0 saturated carbocycles. The average molecular weight is 252 g/mol. The van der Waals surface area contributed by atoms with Crippen LogP contribution in [0.1, 0.15) is 19.4 Å². The molecule has 1 unspecified atom stereocenters. The second kappa shape index (κ2) is 7.11. The summed E-state index contributed by atoms with van der Waals surface area (Å²) in [6.07, 6.45) is 0.709. The van der Waals surface area contributed by atoms with Crippen molar-refractivity contribution in [2.24, 2.45) is 0 Å². The lowest BCUT2D eigenvalue weighted by atomic mass is 10.1. The molecule has 1 aromatic rings. The van der Waals surface area contributed by atoms with E-state index >= 15 is 0 Å². The Morgan fingerprint density at radius 3 is 2.83 bits per heavy atom. The largest absolute Gasteiger partial charge is 0.345 e. The third-order valence-electron chi connectivity index (χ3n) is 2.93. The highest BCUT2D eigenvalue weighted by atomic mass is 19.1. The Morgan fingerprint density at radius 1 is 1.50 bits per heavy atom. The molecule has 1 N–H and O–H groups in total. The first-order valence-corrected chi connectivity index (χ1v) is 6.24. The number of carbonyl (C=O) groups excluding carboxylic acids is 1. The lowest BCUT2D eigenvalue weighted by Crippen LogP contribution is -2.39. The average Bonchev–Trinajstić information content (AvgIpc) is 2.35. The third kappa shape index (κ3) is 4.84. The molecule has 0 heterocycles. The standard InChI is InChI=1S/C14H21FN2O/c1-4-17(3)14(18)10-16-11(2)8-12-6-5-7-13(15)9-12/h5-7,9,11,16H,4,8,10H2,1-3H3.